The third-order valence-electron chi connectivity index (χ3n) is 10.9. The Labute approximate surface area is 305 Å². The summed E-state index contributed by atoms with van der Waals surface area (Å²) >= 11 is 5.82. The van der Waals surface area contributed by atoms with Gasteiger partial charge in [0.15, 0.2) is 6.35 Å². The van der Waals surface area contributed by atoms with Crippen LogP contribution in [0.4, 0.5) is 0 Å². The molecule has 7 rings (SSSR count). The van der Waals surface area contributed by atoms with Crippen molar-refractivity contribution in [3.05, 3.63) is 119 Å². The number of nitrogens with zero attached hydrogens (tertiary/aromatic N) is 4. The van der Waals surface area contributed by atoms with Crippen LogP contribution in [0, 0.1) is 0 Å². The van der Waals surface area contributed by atoms with E-state index in [0.29, 0.717) is 37.7 Å². The second-order valence-corrected chi connectivity index (χ2v) is 16.5. The van der Waals surface area contributed by atoms with Crippen molar-refractivity contribution in [2.45, 2.75) is 81.6 Å². The number of hydrogen-bond acceptors (Lipinski definition) is 10. The van der Waals surface area contributed by atoms with Crippen LogP contribution in [0.3, 0.4) is 0 Å². The predicted molar refractivity (Wildman–Crippen MR) is 196 cm³/mol. The highest BCUT2D eigenvalue weighted by molar-refractivity contribution is 7.80. The molecule has 13 heteroatoms. The summed E-state index contributed by atoms with van der Waals surface area (Å²) in [4.78, 5) is 16.8. The van der Waals surface area contributed by atoms with Gasteiger partial charge in [0.25, 0.3) is 0 Å². The molecule has 4 aliphatic heterocycles. The zero-order valence-corrected chi connectivity index (χ0v) is 30.6. The SMILES string of the molecule is CC1=CN([C@H]2CN(C(c3ccccc3)(c3ccccc3)c3ccccc3)C[C@H](CC3CC(N4CCCC4)CCN3OP(=O)(O)Cl)O2)C(O)NC1O. The Morgan fingerprint density at radius 2 is 1.47 bits per heavy atom. The fraction of sp³-hybridized carbons (Fsp3) is 0.474. The molecule has 0 amide bonds. The highest BCUT2D eigenvalue weighted by Crippen LogP contribution is 2.50. The molecule has 5 unspecified atom stereocenters. The van der Waals surface area contributed by atoms with Crippen LogP contribution >= 0.6 is 18.2 Å². The normalized spacial score (nSPS) is 29.8. The Morgan fingerprint density at radius 3 is 2.02 bits per heavy atom. The van der Waals surface area contributed by atoms with Crippen LogP contribution in [0.2, 0.25) is 0 Å². The van der Waals surface area contributed by atoms with E-state index in [4.69, 9.17) is 20.6 Å². The molecule has 0 saturated carbocycles. The van der Waals surface area contributed by atoms with Crippen molar-refractivity contribution >= 4 is 18.2 Å². The number of likely N-dealkylation sites (tertiary alicyclic amines) is 1. The van der Waals surface area contributed by atoms with Gasteiger partial charge in [-0.2, -0.15) is 5.06 Å². The molecule has 4 aliphatic rings. The number of rotatable bonds is 10. The van der Waals surface area contributed by atoms with Crippen LogP contribution in [-0.2, 0) is 19.5 Å². The first-order valence-electron chi connectivity index (χ1n) is 18.0. The molecule has 7 atom stereocenters. The zero-order valence-electron chi connectivity index (χ0n) is 29.0. The van der Waals surface area contributed by atoms with E-state index in [1.54, 1.807) is 16.2 Å². The summed E-state index contributed by atoms with van der Waals surface area (Å²) in [5.74, 6) is 0. The number of halogens is 1. The van der Waals surface area contributed by atoms with Crippen LogP contribution in [0.5, 0.6) is 0 Å². The molecule has 11 nitrogen and oxygen atoms in total. The standard InChI is InChI=1S/C38H49ClN5O6P/c1-28-25-43(37(46)40-36(28)45)35-27-42(38(29-13-5-2-6-14-29,30-15-7-3-8-16-30)31-17-9-4-10-18-31)26-34(49-35)24-33-23-32(41-20-11-12-21-41)19-22-44(33)50-51(39,47)48/h2-10,13-18,25,32-37,40,45-46H,11-12,19-24,26-27H2,1H3,(H,47,48)/t32?,33?,34-,35+,36?,37?/m0/s1. The zero-order chi connectivity index (χ0) is 35.6. The quantitative estimate of drug-likeness (QED) is 0.166. The van der Waals surface area contributed by atoms with Gasteiger partial charge in [0.1, 0.15) is 12.5 Å². The van der Waals surface area contributed by atoms with E-state index in [9.17, 15) is 19.7 Å². The average Bonchev–Trinajstić information content (AvgIpc) is 3.67. The summed E-state index contributed by atoms with van der Waals surface area (Å²) in [6.07, 6.45) is 2.95. The lowest BCUT2D eigenvalue weighted by molar-refractivity contribution is -0.209. The van der Waals surface area contributed by atoms with Crippen LogP contribution < -0.4 is 5.32 Å². The maximum Gasteiger partial charge on any atom is 0.438 e. The molecule has 51 heavy (non-hydrogen) atoms. The summed E-state index contributed by atoms with van der Waals surface area (Å²) in [6, 6.07) is 31.5. The maximum atomic E-state index is 12.4. The first kappa shape index (κ1) is 36.7. The van der Waals surface area contributed by atoms with Gasteiger partial charge in [-0.15, -0.1) is 0 Å². The molecule has 274 valence electrons. The maximum absolute atomic E-state index is 12.4. The van der Waals surface area contributed by atoms with E-state index in [2.05, 4.69) is 87.9 Å². The van der Waals surface area contributed by atoms with Gasteiger partial charge in [-0.25, -0.2) is 14.5 Å². The first-order chi connectivity index (χ1) is 24.6. The Morgan fingerprint density at radius 1 is 0.902 bits per heavy atom. The summed E-state index contributed by atoms with van der Waals surface area (Å²) < 4.78 is 24.9. The van der Waals surface area contributed by atoms with E-state index < -0.39 is 37.4 Å². The molecule has 4 N–H and O–H groups in total. The van der Waals surface area contributed by atoms with Crippen molar-refractivity contribution in [3.63, 3.8) is 0 Å². The molecule has 3 aromatic rings. The van der Waals surface area contributed by atoms with Gasteiger partial charge >= 0.3 is 6.95 Å². The topological polar surface area (TPSA) is 121 Å². The number of benzene rings is 3. The summed E-state index contributed by atoms with van der Waals surface area (Å²) in [6.45, 7) is 0.963. The molecule has 0 aromatic heterocycles. The lowest BCUT2D eigenvalue weighted by Gasteiger charge is -2.53. The number of hydroxylamine groups is 2. The van der Waals surface area contributed by atoms with Crippen molar-refractivity contribution in [1.82, 2.24) is 25.1 Å². The van der Waals surface area contributed by atoms with E-state index in [1.165, 1.54) is 12.8 Å². The molecular formula is C38H49ClN5O6P. The minimum absolute atomic E-state index is 0.253. The van der Waals surface area contributed by atoms with E-state index in [1.807, 2.05) is 25.1 Å². The lowest BCUT2D eigenvalue weighted by Crippen LogP contribution is -2.65. The van der Waals surface area contributed by atoms with E-state index >= 15 is 0 Å². The van der Waals surface area contributed by atoms with Gasteiger partial charge in [0, 0.05) is 49.2 Å². The van der Waals surface area contributed by atoms with Gasteiger partial charge in [0.05, 0.1) is 11.6 Å². The van der Waals surface area contributed by atoms with E-state index in [0.717, 1.165) is 42.6 Å². The first-order valence-corrected chi connectivity index (χ1v) is 20.5. The van der Waals surface area contributed by atoms with Crippen molar-refractivity contribution in [2.75, 3.05) is 32.7 Å². The Balaban J connectivity index is 1.32. The Hall–Kier alpha value is -2.64. The lowest BCUT2D eigenvalue weighted by atomic mass is 9.75. The van der Waals surface area contributed by atoms with Gasteiger partial charge in [-0.1, -0.05) is 91.0 Å². The number of piperidine rings is 1. The molecule has 4 heterocycles. The molecule has 0 aliphatic carbocycles. The minimum atomic E-state index is -4.33. The molecular weight excluding hydrogens is 689 g/mol. The summed E-state index contributed by atoms with van der Waals surface area (Å²) in [5, 5.41) is 26.2. The van der Waals surface area contributed by atoms with Crippen molar-refractivity contribution in [2.24, 2.45) is 0 Å². The van der Waals surface area contributed by atoms with Crippen LogP contribution in [0.1, 0.15) is 55.7 Å². The van der Waals surface area contributed by atoms with Gasteiger partial charge < -0.3 is 29.6 Å². The summed E-state index contributed by atoms with van der Waals surface area (Å²) in [7, 11) is 0. The third-order valence-corrected chi connectivity index (χ3v) is 11.5. The Kier molecular flexibility index (Phi) is 11.3. The smallest absolute Gasteiger partial charge is 0.374 e. The number of aliphatic hydroxyl groups excluding tert-OH is 2. The average molecular weight is 738 g/mol. The largest absolute Gasteiger partial charge is 0.438 e. The van der Waals surface area contributed by atoms with Crippen LogP contribution in [-0.4, -0.2) is 105 Å². The third kappa shape index (κ3) is 8.00. The van der Waals surface area contributed by atoms with E-state index in [-0.39, 0.29) is 6.04 Å². The van der Waals surface area contributed by atoms with Gasteiger partial charge in [-0.05, 0) is 74.4 Å². The van der Waals surface area contributed by atoms with Crippen LogP contribution in [0.25, 0.3) is 0 Å². The van der Waals surface area contributed by atoms with Crippen molar-refractivity contribution < 1.29 is 29.0 Å². The highest BCUT2D eigenvalue weighted by atomic mass is 35.7. The second kappa shape index (κ2) is 15.8. The fourth-order valence-electron chi connectivity index (χ4n) is 8.65. The second-order valence-electron chi connectivity index (χ2n) is 14.2. The van der Waals surface area contributed by atoms with Gasteiger partial charge in [0.2, 0.25) is 0 Å². The van der Waals surface area contributed by atoms with Crippen molar-refractivity contribution in [1.29, 1.82) is 0 Å². The number of aliphatic hydroxyl groups is 2. The highest BCUT2D eigenvalue weighted by Gasteiger charge is 2.49. The number of hydrogen-bond donors (Lipinski definition) is 4. The number of ether oxygens (including phenoxy) is 1. The van der Waals surface area contributed by atoms with Crippen molar-refractivity contribution in [3.8, 4) is 0 Å². The molecule has 3 aromatic carbocycles. The fourth-order valence-corrected chi connectivity index (χ4v) is 9.36. The molecule has 0 radical (unpaired) electrons. The molecule has 0 spiro atoms. The van der Waals surface area contributed by atoms with Gasteiger partial charge in [-0.3, -0.25) is 4.90 Å². The van der Waals surface area contributed by atoms with Crippen LogP contribution in [0.15, 0.2) is 103 Å². The predicted octanol–water partition coefficient (Wildman–Crippen LogP) is 5.00. The molecule has 3 fully saturated rings. The summed E-state index contributed by atoms with van der Waals surface area (Å²) in [5.41, 5.74) is 3.15. The number of morpholine rings is 1. The Bertz CT molecular complexity index is 1570. The monoisotopic (exact) mass is 737 g/mol. The molecule has 3 saturated heterocycles. The number of nitrogens with one attached hydrogen (secondary N) is 1. The minimum Gasteiger partial charge on any atom is -0.374 e. The molecule has 0 bridgehead atoms.